The lowest BCUT2D eigenvalue weighted by Gasteiger charge is -2.39. The van der Waals surface area contributed by atoms with Crippen LogP contribution < -0.4 is 0 Å². The molecule has 96 valence electrons. The molecule has 1 aliphatic carbocycles. The molecule has 5 nitrogen and oxygen atoms in total. The molecule has 0 fully saturated rings. The molecule has 17 heavy (non-hydrogen) atoms. The van der Waals surface area contributed by atoms with Crippen molar-refractivity contribution >= 4 is 12.2 Å². The normalized spacial score (nSPS) is 23.8. The summed E-state index contributed by atoms with van der Waals surface area (Å²) in [5.41, 5.74) is 0. The van der Waals surface area contributed by atoms with Gasteiger partial charge in [-0.15, -0.1) is 0 Å². The number of hydrogen-bond acceptors (Lipinski definition) is 4. The molecule has 0 aliphatic heterocycles. The van der Waals surface area contributed by atoms with Crippen molar-refractivity contribution in [3.05, 3.63) is 12.2 Å². The van der Waals surface area contributed by atoms with Crippen molar-refractivity contribution < 1.29 is 14.7 Å². The zero-order chi connectivity index (χ0) is 12.8. The van der Waals surface area contributed by atoms with Crippen molar-refractivity contribution in [3.8, 4) is 0 Å². The molecular formula is C12H20N2O3. The summed E-state index contributed by atoms with van der Waals surface area (Å²) in [7, 11) is 3.54. The molecule has 1 aliphatic rings. The fourth-order valence-electron chi connectivity index (χ4n) is 2.05. The number of amides is 1. The minimum absolute atomic E-state index is 0.124. The van der Waals surface area contributed by atoms with E-state index in [1.165, 1.54) is 0 Å². The van der Waals surface area contributed by atoms with E-state index in [-0.39, 0.29) is 24.8 Å². The SMILES string of the molecule is CN(C)N(C(=O)CCC=O)C1CC=CC[C@H]1O. The van der Waals surface area contributed by atoms with Gasteiger partial charge >= 0.3 is 0 Å². The second-order valence-corrected chi connectivity index (χ2v) is 4.37. The molecule has 0 spiro atoms. The van der Waals surface area contributed by atoms with Crippen LogP contribution in [0.25, 0.3) is 0 Å². The Balaban J connectivity index is 2.73. The topological polar surface area (TPSA) is 60.9 Å². The van der Waals surface area contributed by atoms with Gasteiger partial charge in [-0.05, 0) is 12.8 Å². The molecule has 0 aromatic heterocycles. The first-order valence-electron chi connectivity index (χ1n) is 5.84. The third-order valence-corrected chi connectivity index (χ3v) is 2.84. The maximum atomic E-state index is 12.0. The van der Waals surface area contributed by atoms with Gasteiger partial charge < -0.3 is 9.90 Å². The highest BCUT2D eigenvalue weighted by molar-refractivity contribution is 5.78. The minimum atomic E-state index is -0.539. The molecule has 0 saturated carbocycles. The van der Waals surface area contributed by atoms with Crippen molar-refractivity contribution in [1.29, 1.82) is 0 Å². The monoisotopic (exact) mass is 240 g/mol. The molecule has 0 radical (unpaired) electrons. The quantitative estimate of drug-likeness (QED) is 0.428. The van der Waals surface area contributed by atoms with E-state index in [2.05, 4.69) is 0 Å². The molecule has 5 heteroatoms. The van der Waals surface area contributed by atoms with Gasteiger partial charge in [0.05, 0.1) is 12.1 Å². The Hall–Kier alpha value is -1.20. The zero-order valence-corrected chi connectivity index (χ0v) is 10.4. The summed E-state index contributed by atoms with van der Waals surface area (Å²) in [5, 5.41) is 13.2. The van der Waals surface area contributed by atoms with E-state index < -0.39 is 6.10 Å². The van der Waals surface area contributed by atoms with Crippen LogP contribution in [0.4, 0.5) is 0 Å². The van der Waals surface area contributed by atoms with Gasteiger partial charge in [-0.1, -0.05) is 12.2 Å². The van der Waals surface area contributed by atoms with Gasteiger partial charge in [0.25, 0.3) is 0 Å². The fourth-order valence-corrected chi connectivity index (χ4v) is 2.05. The second-order valence-electron chi connectivity index (χ2n) is 4.37. The first-order valence-corrected chi connectivity index (χ1v) is 5.84. The fraction of sp³-hybridized carbons (Fsp3) is 0.667. The maximum absolute atomic E-state index is 12.0. The Kier molecular flexibility index (Phi) is 5.31. The molecule has 2 atom stereocenters. The van der Waals surface area contributed by atoms with Gasteiger partial charge in [0.2, 0.25) is 5.91 Å². The Morgan fingerprint density at radius 2 is 2.06 bits per heavy atom. The van der Waals surface area contributed by atoms with Crippen LogP contribution in [0.3, 0.4) is 0 Å². The highest BCUT2D eigenvalue weighted by Crippen LogP contribution is 2.20. The summed E-state index contributed by atoms with van der Waals surface area (Å²) in [5.74, 6) is -0.124. The van der Waals surface area contributed by atoms with Crippen molar-refractivity contribution in [1.82, 2.24) is 10.0 Å². The highest BCUT2D eigenvalue weighted by Gasteiger charge is 2.31. The van der Waals surface area contributed by atoms with Gasteiger partial charge in [-0.3, -0.25) is 9.80 Å². The van der Waals surface area contributed by atoms with E-state index in [0.717, 1.165) is 6.29 Å². The number of rotatable bonds is 5. The number of aliphatic hydroxyl groups is 1. The number of carbonyl (C=O) groups is 2. The minimum Gasteiger partial charge on any atom is -0.391 e. The van der Waals surface area contributed by atoms with Crippen LogP contribution in [0.1, 0.15) is 25.7 Å². The van der Waals surface area contributed by atoms with Gasteiger partial charge in [-0.25, -0.2) is 5.01 Å². The van der Waals surface area contributed by atoms with Crippen LogP contribution in [0, 0.1) is 0 Å². The standard InChI is InChI=1S/C12H20N2O3/c1-13(2)14(12(17)8-5-9-15)10-6-3-4-7-11(10)16/h3-4,9-11,16H,5-8H2,1-2H3/t10?,11-/m1/s1. The number of aliphatic hydroxyl groups excluding tert-OH is 1. The number of hydrazine groups is 1. The average Bonchev–Trinajstić information content (AvgIpc) is 2.29. The lowest BCUT2D eigenvalue weighted by atomic mass is 9.97. The summed E-state index contributed by atoms with van der Waals surface area (Å²) in [6.07, 6.45) is 5.72. The summed E-state index contributed by atoms with van der Waals surface area (Å²) in [6.45, 7) is 0. The Morgan fingerprint density at radius 1 is 1.41 bits per heavy atom. The van der Waals surface area contributed by atoms with Crippen LogP contribution in [-0.2, 0) is 9.59 Å². The predicted octanol–water partition coefficient (Wildman–Crippen LogP) is 0.350. The molecule has 0 aromatic rings. The molecule has 1 unspecified atom stereocenters. The molecule has 0 aromatic carbocycles. The number of nitrogens with zero attached hydrogens (tertiary/aromatic N) is 2. The first-order chi connectivity index (χ1) is 8.07. The Labute approximate surface area is 102 Å². The number of carbonyl (C=O) groups excluding carboxylic acids is 2. The summed E-state index contributed by atoms with van der Waals surface area (Å²) >= 11 is 0. The lowest BCUT2D eigenvalue weighted by molar-refractivity contribution is -0.156. The second kappa shape index (κ2) is 6.51. The van der Waals surface area contributed by atoms with Gasteiger partial charge in [0, 0.05) is 26.9 Å². The first kappa shape index (κ1) is 13.9. The van der Waals surface area contributed by atoms with Gasteiger partial charge in [-0.2, -0.15) is 0 Å². The number of hydrogen-bond donors (Lipinski definition) is 1. The summed E-state index contributed by atoms with van der Waals surface area (Å²) < 4.78 is 0. The highest BCUT2D eigenvalue weighted by atomic mass is 16.3. The molecule has 1 rings (SSSR count). The van der Waals surface area contributed by atoms with Crippen molar-refractivity contribution in [3.63, 3.8) is 0 Å². The van der Waals surface area contributed by atoms with E-state index >= 15 is 0 Å². The largest absolute Gasteiger partial charge is 0.391 e. The van der Waals surface area contributed by atoms with Crippen LogP contribution in [0.5, 0.6) is 0 Å². The van der Waals surface area contributed by atoms with Crippen molar-refractivity contribution in [2.24, 2.45) is 0 Å². The zero-order valence-electron chi connectivity index (χ0n) is 10.4. The van der Waals surface area contributed by atoms with E-state index in [1.54, 1.807) is 24.1 Å². The third-order valence-electron chi connectivity index (χ3n) is 2.84. The van der Waals surface area contributed by atoms with Crippen LogP contribution in [-0.4, -0.2) is 53.6 Å². The van der Waals surface area contributed by atoms with Gasteiger partial charge in [0.15, 0.2) is 0 Å². The van der Waals surface area contributed by atoms with E-state index in [1.807, 2.05) is 12.2 Å². The molecule has 1 N–H and O–H groups in total. The van der Waals surface area contributed by atoms with Gasteiger partial charge in [0.1, 0.15) is 6.29 Å². The van der Waals surface area contributed by atoms with Crippen LogP contribution >= 0.6 is 0 Å². The molecular weight excluding hydrogens is 220 g/mol. The predicted molar refractivity (Wildman–Crippen MR) is 64.0 cm³/mol. The van der Waals surface area contributed by atoms with Crippen molar-refractivity contribution in [2.75, 3.05) is 14.1 Å². The molecule has 0 heterocycles. The summed E-state index contributed by atoms with van der Waals surface area (Å²) in [6, 6.07) is -0.228. The van der Waals surface area contributed by atoms with Crippen LogP contribution in [0.2, 0.25) is 0 Å². The maximum Gasteiger partial charge on any atom is 0.237 e. The third kappa shape index (κ3) is 3.64. The Bertz CT molecular complexity index is 302. The van der Waals surface area contributed by atoms with E-state index in [0.29, 0.717) is 12.8 Å². The van der Waals surface area contributed by atoms with E-state index in [4.69, 9.17) is 0 Å². The molecule has 0 bridgehead atoms. The van der Waals surface area contributed by atoms with Crippen molar-refractivity contribution in [2.45, 2.75) is 37.8 Å². The summed E-state index contributed by atoms with van der Waals surface area (Å²) in [4.78, 5) is 22.3. The number of aldehydes is 1. The molecule has 0 saturated heterocycles. The molecule has 1 amide bonds. The average molecular weight is 240 g/mol. The lowest BCUT2D eigenvalue weighted by Crippen LogP contribution is -2.53. The van der Waals surface area contributed by atoms with E-state index in [9.17, 15) is 14.7 Å². The Morgan fingerprint density at radius 3 is 2.59 bits per heavy atom. The smallest absolute Gasteiger partial charge is 0.237 e. The van der Waals surface area contributed by atoms with Crippen LogP contribution in [0.15, 0.2) is 12.2 Å².